The van der Waals surface area contributed by atoms with Gasteiger partial charge in [-0.3, -0.25) is 9.88 Å². The van der Waals surface area contributed by atoms with Gasteiger partial charge >= 0.3 is 0 Å². The molecule has 2 heterocycles. The second-order valence-electron chi connectivity index (χ2n) is 4.98. The van der Waals surface area contributed by atoms with E-state index in [2.05, 4.69) is 22.9 Å². The lowest BCUT2D eigenvalue weighted by atomic mass is 10.1. The molecule has 94 valence electrons. The maximum atomic E-state index is 5.76. The van der Waals surface area contributed by atoms with E-state index in [1.807, 2.05) is 12.3 Å². The minimum absolute atomic E-state index is 0.589. The van der Waals surface area contributed by atoms with E-state index in [0.717, 1.165) is 12.2 Å². The van der Waals surface area contributed by atoms with Crippen molar-refractivity contribution in [2.75, 3.05) is 6.54 Å². The molecule has 0 radical (unpaired) electrons. The number of rotatable bonds is 3. The molecule has 0 amide bonds. The molecule has 2 N–H and O–H groups in total. The van der Waals surface area contributed by atoms with Crippen molar-refractivity contribution in [2.24, 2.45) is 5.73 Å². The molecule has 2 rings (SSSR count). The van der Waals surface area contributed by atoms with Crippen LogP contribution in [0.1, 0.15) is 43.9 Å². The average molecular weight is 233 g/mol. The zero-order valence-corrected chi connectivity index (χ0v) is 10.7. The van der Waals surface area contributed by atoms with E-state index in [4.69, 9.17) is 5.73 Å². The molecule has 3 nitrogen and oxygen atoms in total. The third-order valence-corrected chi connectivity index (χ3v) is 3.75. The lowest BCUT2D eigenvalue weighted by Crippen LogP contribution is -2.32. The third kappa shape index (κ3) is 3.27. The fourth-order valence-corrected chi connectivity index (χ4v) is 2.56. The molecule has 1 aliphatic heterocycles. The van der Waals surface area contributed by atoms with Crippen LogP contribution in [0.4, 0.5) is 0 Å². The second-order valence-corrected chi connectivity index (χ2v) is 4.98. The van der Waals surface area contributed by atoms with Crippen molar-refractivity contribution in [3.8, 4) is 0 Å². The summed E-state index contributed by atoms with van der Waals surface area (Å²) in [4.78, 5) is 7.04. The van der Waals surface area contributed by atoms with Crippen LogP contribution in [0.15, 0.2) is 18.3 Å². The quantitative estimate of drug-likeness (QED) is 0.871. The first kappa shape index (κ1) is 12.5. The standard InChI is InChI=1S/C14H23N3/c1-12-6-3-2-4-9-17(12)11-14-13(10-15)7-5-8-16-14/h5,7-8,12H,2-4,6,9-11,15H2,1H3. The van der Waals surface area contributed by atoms with Gasteiger partial charge in [-0.15, -0.1) is 0 Å². The molecular weight excluding hydrogens is 210 g/mol. The Hall–Kier alpha value is -0.930. The molecule has 0 aromatic carbocycles. The molecule has 1 aromatic heterocycles. The molecule has 1 unspecified atom stereocenters. The fraction of sp³-hybridized carbons (Fsp3) is 0.643. The Labute approximate surface area is 104 Å². The van der Waals surface area contributed by atoms with Crippen LogP contribution in [0.5, 0.6) is 0 Å². The molecule has 3 heteroatoms. The van der Waals surface area contributed by atoms with Crippen molar-refractivity contribution in [1.29, 1.82) is 0 Å². The van der Waals surface area contributed by atoms with E-state index < -0.39 is 0 Å². The predicted octanol–water partition coefficient (Wildman–Crippen LogP) is 2.30. The minimum atomic E-state index is 0.589. The molecule has 0 spiro atoms. The van der Waals surface area contributed by atoms with E-state index >= 15 is 0 Å². The highest BCUT2D eigenvalue weighted by Crippen LogP contribution is 2.19. The number of nitrogens with two attached hydrogens (primary N) is 1. The summed E-state index contributed by atoms with van der Waals surface area (Å²) in [6.45, 7) is 5.07. The van der Waals surface area contributed by atoms with Crippen LogP contribution < -0.4 is 5.73 Å². The zero-order chi connectivity index (χ0) is 12.1. The van der Waals surface area contributed by atoms with Gasteiger partial charge in [-0.25, -0.2) is 0 Å². The molecule has 0 bridgehead atoms. The van der Waals surface area contributed by atoms with Gasteiger partial charge in [-0.1, -0.05) is 18.9 Å². The molecule has 1 atom stereocenters. The molecule has 1 aromatic rings. The molecule has 0 aliphatic carbocycles. The SMILES string of the molecule is CC1CCCCCN1Cc1ncccc1CN. The molecule has 1 saturated heterocycles. The highest BCUT2D eigenvalue weighted by Gasteiger charge is 2.18. The van der Waals surface area contributed by atoms with Gasteiger partial charge in [0.05, 0.1) is 5.69 Å². The predicted molar refractivity (Wildman–Crippen MR) is 70.5 cm³/mol. The summed E-state index contributed by atoms with van der Waals surface area (Å²) < 4.78 is 0. The Morgan fingerprint density at radius 3 is 3.12 bits per heavy atom. The highest BCUT2D eigenvalue weighted by molar-refractivity contribution is 5.19. The Morgan fingerprint density at radius 2 is 2.29 bits per heavy atom. The van der Waals surface area contributed by atoms with E-state index in [0.29, 0.717) is 12.6 Å². The number of nitrogens with zero attached hydrogens (tertiary/aromatic N) is 2. The van der Waals surface area contributed by atoms with E-state index in [1.54, 1.807) is 0 Å². The average Bonchev–Trinajstić information content (AvgIpc) is 2.56. The Bertz CT molecular complexity index is 351. The maximum Gasteiger partial charge on any atom is 0.0588 e. The fourth-order valence-electron chi connectivity index (χ4n) is 2.56. The van der Waals surface area contributed by atoms with Gasteiger partial charge in [0.2, 0.25) is 0 Å². The largest absolute Gasteiger partial charge is 0.326 e. The van der Waals surface area contributed by atoms with Crippen LogP contribution in [-0.4, -0.2) is 22.5 Å². The summed E-state index contributed by atoms with van der Waals surface area (Å²) in [5.41, 5.74) is 8.10. The molecule has 17 heavy (non-hydrogen) atoms. The molecule has 1 fully saturated rings. The number of aromatic nitrogens is 1. The first-order chi connectivity index (χ1) is 8.31. The summed E-state index contributed by atoms with van der Waals surface area (Å²) in [5.74, 6) is 0. The summed E-state index contributed by atoms with van der Waals surface area (Å²) in [6, 6.07) is 4.73. The lowest BCUT2D eigenvalue weighted by Gasteiger charge is -2.27. The molecular formula is C14H23N3. The maximum absolute atomic E-state index is 5.76. The van der Waals surface area contributed by atoms with Crippen molar-refractivity contribution in [3.63, 3.8) is 0 Å². The Balaban J connectivity index is 2.07. The topological polar surface area (TPSA) is 42.2 Å². The van der Waals surface area contributed by atoms with Crippen LogP contribution >= 0.6 is 0 Å². The zero-order valence-electron chi connectivity index (χ0n) is 10.7. The lowest BCUT2D eigenvalue weighted by molar-refractivity contribution is 0.202. The molecule has 0 saturated carbocycles. The highest BCUT2D eigenvalue weighted by atomic mass is 15.2. The van der Waals surface area contributed by atoms with Crippen LogP contribution in [0.2, 0.25) is 0 Å². The summed E-state index contributed by atoms with van der Waals surface area (Å²) in [6.07, 6.45) is 7.23. The number of pyridine rings is 1. The van der Waals surface area contributed by atoms with Gasteiger partial charge in [0, 0.05) is 25.3 Å². The van der Waals surface area contributed by atoms with Crippen LogP contribution in [0.3, 0.4) is 0 Å². The van der Waals surface area contributed by atoms with Gasteiger partial charge in [0.15, 0.2) is 0 Å². The van der Waals surface area contributed by atoms with Crippen LogP contribution in [0, 0.1) is 0 Å². The van der Waals surface area contributed by atoms with Crippen LogP contribution in [0.25, 0.3) is 0 Å². The van der Waals surface area contributed by atoms with Crippen molar-refractivity contribution >= 4 is 0 Å². The monoisotopic (exact) mass is 233 g/mol. The number of likely N-dealkylation sites (tertiary alicyclic amines) is 1. The van der Waals surface area contributed by atoms with Gasteiger partial charge in [-0.2, -0.15) is 0 Å². The van der Waals surface area contributed by atoms with E-state index in [-0.39, 0.29) is 0 Å². The normalized spacial score (nSPS) is 22.4. The smallest absolute Gasteiger partial charge is 0.0588 e. The summed E-state index contributed by atoms with van der Waals surface area (Å²) in [5, 5.41) is 0. The van der Waals surface area contributed by atoms with E-state index in [1.165, 1.54) is 37.8 Å². The van der Waals surface area contributed by atoms with Gasteiger partial charge in [0.1, 0.15) is 0 Å². The minimum Gasteiger partial charge on any atom is -0.326 e. The van der Waals surface area contributed by atoms with Crippen molar-refractivity contribution in [1.82, 2.24) is 9.88 Å². The first-order valence-electron chi connectivity index (χ1n) is 6.68. The van der Waals surface area contributed by atoms with Gasteiger partial charge < -0.3 is 5.73 Å². The first-order valence-corrected chi connectivity index (χ1v) is 6.68. The Morgan fingerprint density at radius 1 is 1.41 bits per heavy atom. The van der Waals surface area contributed by atoms with Crippen molar-refractivity contribution in [2.45, 2.75) is 51.7 Å². The third-order valence-electron chi connectivity index (χ3n) is 3.75. The van der Waals surface area contributed by atoms with Gasteiger partial charge in [0.25, 0.3) is 0 Å². The molecule has 1 aliphatic rings. The number of hydrogen-bond acceptors (Lipinski definition) is 3. The summed E-state index contributed by atoms with van der Waals surface area (Å²) >= 11 is 0. The Kier molecular flexibility index (Phi) is 4.51. The van der Waals surface area contributed by atoms with Gasteiger partial charge in [-0.05, 0) is 37.9 Å². The second kappa shape index (κ2) is 6.12. The van der Waals surface area contributed by atoms with E-state index in [9.17, 15) is 0 Å². The summed E-state index contributed by atoms with van der Waals surface area (Å²) in [7, 11) is 0. The van der Waals surface area contributed by atoms with Crippen molar-refractivity contribution in [3.05, 3.63) is 29.6 Å². The van der Waals surface area contributed by atoms with Crippen LogP contribution in [-0.2, 0) is 13.1 Å². The van der Waals surface area contributed by atoms with Crippen molar-refractivity contribution < 1.29 is 0 Å². The number of hydrogen-bond donors (Lipinski definition) is 1.